The fourth-order valence-corrected chi connectivity index (χ4v) is 3.55. The normalized spacial score (nSPS) is 16.5. The van der Waals surface area contributed by atoms with E-state index in [9.17, 15) is 4.79 Å². The van der Waals surface area contributed by atoms with Crippen LogP contribution >= 0.6 is 0 Å². The highest BCUT2D eigenvalue weighted by Gasteiger charge is 2.26. The van der Waals surface area contributed by atoms with Crippen LogP contribution in [0.5, 0.6) is 0 Å². The highest BCUT2D eigenvalue weighted by molar-refractivity contribution is 5.89. The van der Waals surface area contributed by atoms with Crippen molar-refractivity contribution in [2.75, 3.05) is 11.9 Å². The Bertz CT molecular complexity index is 876. The minimum absolute atomic E-state index is 0.167. The number of amides is 2. The first-order valence-electron chi connectivity index (χ1n) is 9.30. The number of nitrogens with one attached hydrogen (secondary N) is 2. The van der Waals surface area contributed by atoms with Gasteiger partial charge in [-0.1, -0.05) is 48.5 Å². The van der Waals surface area contributed by atoms with E-state index in [4.69, 9.17) is 0 Å². The van der Waals surface area contributed by atoms with Gasteiger partial charge in [0.2, 0.25) is 0 Å². The summed E-state index contributed by atoms with van der Waals surface area (Å²) < 4.78 is 2.28. The molecule has 3 aromatic rings. The quantitative estimate of drug-likeness (QED) is 0.729. The van der Waals surface area contributed by atoms with Crippen molar-refractivity contribution in [2.24, 2.45) is 0 Å². The lowest BCUT2D eigenvalue weighted by Gasteiger charge is -2.37. The lowest BCUT2D eigenvalue weighted by molar-refractivity contribution is 0.130. The van der Waals surface area contributed by atoms with Crippen LogP contribution in [0.2, 0.25) is 0 Å². The maximum absolute atomic E-state index is 12.3. The number of fused-ring (bicyclic) bond motifs is 1. The summed E-state index contributed by atoms with van der Waals surface area (Å²) in [5.74, 6) is 0. The highest BCUT2D eigenvalue weighted by Crippen LogP contribution is 2.20. The first-order chi connectivity index (χ1) is 13.3. The van der Waals surface area contributed by atoms with E-state index >= 15 is 0 Å². The number of carbonyl (C=O) groups is 1. The van der Waals surface area contributed by atoms with Crippen molar-refractivity contribution in [3.05, 3.63) is 90.3 Å². The van der Waals surface area contributed by atoms with Crippen LogP contribution in [-0.2, 0) is 19.6 Å². The molecule has 5 heteroatoms. The van der Waals surface area contributed by atoms with E-state index in [1.54, 1.807) is 0 Å². The number of hydrogen-bond acceptors (Lipinski definition) is 2. The SMILES string of the molecule is O=C(NCC1Cn2cccc2CN1Cc1ccccc1)Nc1ccccc1. The molecule has 2 N–H and O–H groups in total. The fraction of sp³-hybridized carbons (Fsp3) is 0.227. The Balaban J connectivity index is 1.41. The van der Waals surface area contributed by atoms with E-state index in [1.165, 1.54) is 11.3 Å². The van der Waals surface area contributed by atoms with Gasteiger partial charge in [0.05, 0.1) is 0 Å². The molecule has 0 aliphatic carbocycles. The number of nitrogens with zero attached hydrogens (tertiary/aromatic N) is 2. The predicted molar refractivity (Wildman–Crippen MR) is 107 cm³/mol. The summed E-state index contributed by atoms with van der Waals surface area (Å²) in [6, 6.07) is 24.3. The summed E-state index contributed by atoms with van der Waals surface area (Å²) in [5, 5.41) is 5.92. The van der Waals surface area contributed by atoms with Crippen LogP contribution in [-0.4, -0.2) is 28.1 Å². The summed E-state index contributed by atoms with van der Waals surface area (Å²) in [7, 11) is 0. The second-order valence-corrected chi connectivity index (χ2v) is 6.90. The first kappa shape index (κ1) is 17.4. The molecule has 0 saturated heterocycles. The molecule has 2 heterocycles. The van der Waals surface area contributed by atoms with Crippen LogP contribution in [0.1, 0.15) is 11.3 Å². The zero-order valence-electron chi connectivity index (χ0n) is 15.2. The molecule has 1 aliphatic rings. The van der Waals surface area contributed by atoms with Gasteiger partial charge in [-0.2, -0.15) is 0 Å². The maximum Gasteiger partial charge on any atom is 0.319 e. The topological polar surface area (TPSA) is 49.3 Å². The summed E-state index contributed by atoms with van der Waals surface area (Å²) >= 11 is 0. The molecule has 1 aliphatic heterocycles. The third kappa shape index (κ3) is 4.38. The molecule has 138 valence electrons. The molecule has 4 rings (SSSR count). The second kappa shape index (κ2) is 8.10. The van der Waals surface area contributed by atoms with Crippen LogP contribution in [0.15, 0.2) is 79.0 Å². The number of anilines is 1. The summed E-state index contributed by atoms with van der Waals surface area (Å²) in [5.41, 5.74) is 3.40. The molecule has 27 heavy (non-hydrogen) atoms. The molecule has 1 unspecified atom stereocenters. The minimum Gasteiger partial charge on any atom is -0.349 e. The van der Waals surface area contributed by atoms with E-state index in [1.807, 2.05) is 36.4 Å². The molecular formula is C22H24N4O. The van der Waals surface area contributed by atoms with Crippen LogP contribution in [0.3, 0.4) is 0 Å². The van der Waals surface area contributed by atoms with Crippen molar-refractivity contribution in [1.82, 2.24) is 14.8 Å². The molecule has 2 aromatic carbocycles. The third-order valence-corrected chi connectivity index (χ3v) is 4.97. The molecule has 0 fully saturated rings. The lowest BCUT2D eigenvalue weighted by atomic mass is 10.1. The van der Waals surface area contributed by atoms with Crippen molar-refractivity contribution in [1.29, 1.82) is 0 Å². The number of hydrogen-bond donors (Lipinski definition) is 2. The lowest BCUT2D eigenvalue weighted by Crippen LogP contribution is -2.49. The monoisotopic (exact) mass is 360 g/mol. The maximum atomic E-state index is 12.3. The van der Waals surface area contributed by atoms with E-state index in [0.29, 0.717) is 6.54 Å². The van der Waals surface area contributed by atoms with Gasteiger partial charge in [-0.05, 0) is 29.8 Å². The van der Waals surface area contributed by atoms with Gasteiger partial charge in [-0.15, -0.1) is 0 Å². The zero-order chi connectivity index (χ0) is 18.5. The van der Waals surface area contributed by atoms with E-state index in [0.717, 1.165) is 25.3 Å². The summed E-state index contributed by atoms with van der Waals surface area (Å²) in [6.07, 6.45) is 2.12. The molecule has 1 aromatic heterocycles. The van der Waals surface area contributed by atoms with Crippen molar-refractivity contribution in [3.8, 4) is 0 Å². The van der Waals surface area contributed by atoms with Crippen molar-refractivity contribution >= 4 is 11.7 Å². The number of aromatic nitrogens is 1. The first-order valence-corrected chi connectivity index (χ1v) is 9.30. The van der Waals surface area contributed by atoms with Gasteiger partial charge in [0.15, 0.2) is 0 Å². The van der Waals surface area contributed by atoms with Crippen molar-refractivity contribution in [3.63, 3.8) is 0 Å². The van der Waals surface area contributed by atoms with E-state index < -0.39 is 0 Å². The van der Waals surface area contributed by atoms with Gasteiger partial charge in [0.1, 0.15) is 0 Å². The van der Waals surface area contributed by atoms with E-state index in [2.05, 4.69) is 62.7 Å². The molecule has 1 atom stereocenters. The number of urea groups is 1. The average Bonchev–Trinajstić information content (AvgIpc) is 3.15. The number of benzene rings is 2. The Morgan fingerprint density at radius 3 is 2.48 bits per heavy atom. The highest BCUT2D eigenvalue weighted by atomic mass is 16.2. The Hall–Kier alpha value is -3.05. The Morgan fingerprint density at radius 2 is 1.70 bits per heavy atom. The average molecular weight is 360 g/mol. The molecule has 0 radical (unpaired) electrons. The van der Waals surface area contributed by atoms with Gasteiger partial charge in [-0.3, -0.25) is 4.90 Å². The standard InChI is InChI=1S/C22H24N4O/c27-22(24-19-10-5-2-6-11-19)23-14-21-17-25-13-7-12-20(25)16-26(21)15-18-8-3-1-4-9-18/h1-13,21H,14-17H2,(H2,23,24,27). The molecule has 5 nitrogen and oxygen atoms in total. The molecule has 2 amide bonds. The van der Waals surface area contributed by atoms with Gasteiger partial charge in [0.25, 0.3) is 0 Å². The molecule has 0 saturated carbocycles. The summed E-state index contributed by atoms with van der Waals surface area (Å²) in [4.78, 5) is 14.7. The number of rotatable bonds is 5. The van der Waals surface area contributed by atoms with Crippen LogP contribution in [0, 0.1) is 0 Å². The minimum atomic E-state index is -0.167. The van der Waals surface area contributed by atoms with E-state index in [-0.39, 0.29) is 12.1 Å². The van der Waals surface area contributed by atoms with Crippen LogP contribution < -0.4 is 10.6 Å². The Kier molecular flexibility index (Phi) is 5.21. The zero-order valence-corrected chi connectivity index (χ0v) is 15.2. The fourth-order valence-electron chi connectivity index (χ4n) is 3.55. The summed E-state index contributed by atoms with van der Waals surface area (Å²) in [6.45, 7) is 3.23. The van der Waals surface area contributed by atoms with Crippen LogP contribution in [0.4, 0.5) is 10.5 Å². The van der Waals surface area contributed by atoms with Gasteiger partial charge in [-0.25, -0.2) is 4.79 Å². The van der Waals surface area contributed by atoms with Crippen LogP contribution in [0.25, 0.3) is 0 Å². The predicted octanol–water partition coefficient (Wildman–Crippen LogP) is 3.69. The van der Waals surface area contributed by atoms with Gasteiger partial charge >= 0.3 is 6.03 Å². The number of para-hydroxylation sites is 1. The van der Waals surface area contributed by atoms with Gasteiger partial charge < -0.3 is 15.2 Å². The molecule has 0 bridgehead atoms. The Morgan fingerprint density at radius 1 is 0.963 bits per heavy atom. The molecular weight excluding hydrogens is 336 g/mol. The van der Waals surface area contributed by atoms with Crippen molar-refractivity contribution in [2.45, 2.75) is 25.7 Å². The second-order valence-electron chi connectivity index (χ2n) is 6.90. The largest absolute Gasteiger partial charge is 0.349 e. The smallest absolute Gasteiger partial charge is 0.319 e. The molecule has 0 spiro atoms. The van der Waals surface area contributed by atoms with Gasteiger partial charge in [0, 0.05) is 49.8 Å². The van der Waals surface area contributed by atoms with Crippen molar-refractivity contribution < 1.29 is 4.79 Å². The number of carbonyl (C=O) groups excluding carboxylic acids is 1. The Labute approximate surface area is 159 Å². The third-order valence-electron chi connectivity index (χ3n) is 4.97.